The minimum Gasteiger partial charge on any atom is -0.497 e. The van der Waals surface area contributed by atoms with Crippen LogP contribution in [0.5, 0.6) is 5.75 Å². The van der Waals surface area contributed by atoms with E-state index >= 15 is 0 Å². The number of carbonyl (C=O) groups excluding carboxylic acids is 1. The lowest BCUT2D eigenvalue weighted by Crippen LogP contribution is -2.52. The van der Waals surface area contributed by atoms with Gasteiger partial charge in [-0.1, -0.05) is 24.3 Å². The van der Waals surface area contributed by atoms with Gasteiger partial charge in [-0.05, 0) is 55.2 Å². The van der Waals surface area contributed by atoms with Gasteiger partial charge in [-0.2, -0.15) is 0 Å². The Morgan fingerprint density at radius 2 is 1.74 bits per heavy atom. The molecule has 0 aliphatic carbocycles. The number of anilines is 1. The topological polar surface area (TPSA) is 44.8 Å². The molecule has 2 aromatic carbocycles. The maximum Gasteiger partial charge on any atom is 0.317 e. The average molecular weight is 367 g/mol. The Morgan fingerprint density at radius 3 is 2.41 bits per heavy atom. The lowest BCUT2D eigenvalue weighted by Gasteiger charge is -2.37. The summed E-state index contributed by atoms with van der Waals surface area (Å²) in [7, 11) is 1.66. The van der Waals surface area contributed by atoms with Gasteiger partial charge in [-0.15, -0.1) is 0 Å². The minimum atomic E-state index is 0.0316. The van der Waals surface area contributed by atoms with Gasteiger partial charge in [-0.25, -0.2) is 4.79 Å². The fourth-order valence-electron chi connectivity index (χ4n) is 3.43. The van der Waals surface area contributed by atoms with Gasteiger partial charge in [-0.3, -0.25) is 0 Å². The summed E-state index contributed by atoms with van der Waals surface area (Å²) in [5, 5.41) is 3.04. The number of aryl methyl sites for hydroxylation is 2. The highest BCUT2D eigenvalue weighted by Gasteiger charge is 2.21. The Balaban J connectivity index is 1.44. The first-order valence-electron chi connectivity index (χ1n) is 9.55. The van der Waals surface area contributed by atoms with Crippen molar-refractivity contribution < 1.29 is 9.53 Å². The van der Waals surface area contributed by atoms with Crippen LogP contribution in [0.2, 0.25) is 0 Å². The van der Waals surface area contributed by atoms with Gasteiger partial charge in [0.2, 0.25) is 0 Å². The lowest BCUT2D eigenvalue weighted by molar-refractivity contribution is 0.194. The molecule has 0 bridgehead atoms. The van der Waals surface area contributed by atoms with Crippen LogP contribution in [0.25, 0.3) is 0 Å². The fourth-order valence-corrected chi connectivity index (χ4v) is 3.43. The number of nitrogens with zero attached hydrogens (tertiary/aromatic N) is 2. The predicted octanol–water partition coefficient (Wildman–Crippen LogP) is 3.39. The van der Waals surface area contributed by atoms with Crippen LogP contribution < -0.4 is 15.0 Å². The second-order valence-electron chi connectivity index (χ2n) is 7.09. The summed E-state index contributed by atoms with van der Waals surface area (Å²) in [6, 6.07) is 14.5. The molecule has 1 heterocycles. The second-order valence-corrected chi connectivity index (χ2v) is 7.09. The zero-order valence-electron chi connectivity index (χ0n) is 16.5. The van der Waals surface area contributed by atoms with E-state index in [-0.39, 0.29) is 6.03 Å². The average Bonchev–Trinajstić information content (AvgIpc) is 2.70. The number of carbonyl (C=O) groups is 1. The molecule has 1 fully saturated rings. The van der Waals surface area contributed by atoms with Crippen LogP contribution in [0.1, 0.15) is 16.7 Å². The van der Waals surface area contributed by atoms with E-state index in [0.29, 0.717) is 6.54 Å². The van der Waals surface area contributed by atoms with E-state index in [0.717, 1.165) is 38.3 Å². The van der Waals surface area contributed by atoms with E-state index in [2.05, 4.69) is 42.3 Å². The van der Waals surface area contributed by atoms with Crippen LogP contribution in [0.4, 0.5) is 10.5 Å². The molecule has 144 valence electrons. The number of hydrogen-bond donors (Lipinski definition) is 1. The van der Waals surface area contributed by atoms with Crippen molar-refractivity contribution in [3.05, 3.63) is 59.2 Å². The molecule has 3 rings (SSSR count). The van der Waals surface area contributed by atoms with E-state index in [1.54, 1.807) is 7.11 Å². The third-order valence-corrected chi connectivity index (χ3v) is 5.12. The van der Waals surface area contributed by atoms with Crippen molar-refractivity contribution in [1.29, 1.82) is 0 Å². The van der Waals surface area contributed by atoms with Crippen LogP contribution in [-0.2, 0) is 6.42 Å². The van der Waals surface area contributed by atoms with Crippen molar-refractivity contribution in [3.63, 3.8) is 0 Å². The number of ether oxygens (including phenoxy) is 1. The molecule has 0 atom stereocenters. The lowest BCUT2D eigenvalue weighted by atomic mass is 10.1. The molecule has 0 radical (unpaired) electrons. The summed E-state index contributed by atoms with van der Waals surface area (Å²) in [5.41, 5.74) is 5.04. The molecular weight excluding hydrogens is 338 g/mol. The Hall–Kier alpha value is -2.69. The Bertz CT molecular complexity index is 766. The molecule has 0 saturated carbocycles. The normalized spacial score (nSPS) is 14.2. The standard InChI is InChI=1S/C22H29N3O2/c1-17-4-5-18(2)21(16-17)24-12-14-25(15-13-24)22(26)23-11-10-19-6-8-20(27-3)9-7-19/h4-9,16H,10-15H2,1-3H3,(H,23,26). The van der Waals surface area contributed by atoms with Crippen molar-refractivity contribution in [3.8, 4) is 5.75 Å². The van der Waals surface area contributed by atoms with Crippen LogP contribution in [0.3, 0.4) is 0 Å². The largest absolute Gasteiger partial charge is 0.497 e. The molecule has 1 aliphatic heterocycles. The third-order valence-electron chi connectivity index (χ3n) is 5.12. The maximum atomic E-state index is 12.4. The molecule has 2 amide bonds. The van der Waals surface area contributed by atoms with Crippen molar-refractivity contribution in [1.82, 2.24) is 10.2 Å². The first-order valence-corrected chi connectivity index (χ1v) is 9.55. The first kappa shape index (κ1) is 19.1. The number of hydrogen-bond acceptors (Lipinski definition) is 3. The van der Waals surface area contributed by atoms with Gasteiger partial charge in [0.1, 0.15) is 5.75 Å². The summed E-state index contributed by atoms with van der Waals surface area (Å²) >= 11 is 0. The zero-order valence-corrected chi connectivity index (χ0v) is 16.5. The summed E-state index contributed by atoms with van der Waals surface area (Å²) in [6.45, 7) is 8.15. The highest BCUT2D eigenvalue weighted by molar-refractivity contribution is 5.74. The second kappa shape index (κ2) is 8.80. The van der Waals surface area contributed by atoms with E-state index in [1.807, 2.05) is 29.2 Å². The molecular formula is C22H29N3O2. The molecule has 1 aliphatic rings. The summed E-state index contributed by atoms with van der Waals surface area (Å²) in [5.74, 6) is 0.851. The molecule has 5 heteroatoms. The molecule has 0 unspecified atom stereocenters. The number of benzene rings is 2. The summed E-state index contributed by atoms with van der Waals surface area (Å²) in [6.07, 6.45) is 0.818. The highest BCUT2D eigenvalue weighted by Crippen LogP contribution is 2.22. The van der Waals surface area contributed by atoms with Crippen molar-refractivity contribution in [2.75, 3.05) is 44.7 Å². The minimum absolute atomic E-state index is 0.0316. The smallest absolute Gasteiger partial charge is 0.317 e. The quantitative estimate of drug-likeness (QED) is 0.881. The van der Waals surface area contributed by atoms with Crippen molar-refractivity contribution in [2.45, 2.75) is 20.3 Å². The maximum absolute atomic E-state index is 12.4. The molecule has 27 heavy (non-hydrogen) atoms. The first-order chi connectivity index (χ1) is 13.1. The van der Waals surface area contributed by atoms with E-state index in [9.17, 15) is 4.79 Å². The van der Waals surface area contributed by atoms with E-state index < -0.39 is 0 Å². The zero-order chi connectivity index (χ0) is 19.2. The number of amides is 2. The summed E-state index contributed by atoms with van der Waals surface area (Å²) < 4.78 is 5.17. The Labute approximate surface area is 161 Å². The number of nitrogens with one attached hydrogen (secondary N) is 1. The predicted molar refractivity (Wildman–Crippen MR) is 110 cm³/mol. The number of rotatable bonds is 5. The van der Waals surface area contributed by atoms with Crippen LogP contribution in [0, 0.1) is 13.8 Å². The molecule has 5 nitrogen and oxygen atoms in total. The van der Waals surface area contributed by atoms with Gasteiger partial charge in [0.25, 0.3) is 0 Å². The van der Waals surface area contributed by atoms with Crippen molar-refractivity contribution in [2.24, 2.45) is 0 Å². The number of urea groups is 1. The van der Waals surface area contributed by atoms with Crippen molar-refractivity contribution >= 4 is 11.7 Å². The van der Waals surface area contributed by atoms with Gasteiger partial charge in [0.15, 0.2) is 0 Å². The van der Waals surface area contributed by atoms with Gasteiger partial charge >= 0.3 is 6.03 Å². The molecule has 1 N–H and O–H groups in total. The monoisotopic (exact) mass is 367 g/mol. The third kappa shape index (κ3) is 4.94. The molecule has 0 spiro atoms. The molecule has 1 saturated heterocycles. The SMILES string of the molecule is COc1ccc(CCNC(=O)N2CCN(c3cc(C)ccc3C)CC2)cc1. The fraction of sp³-hybridized carbons (Fsp3) is 0.409. The highest BCUT2D eigenvalue weighted by atomic mass is 16.5. The summed E-state index contributed by atoms with van der Waals surface area (Å²) in [4.78, 5) is 16.7. The number of methoxy groups -OCH3 is 1. The Kier molecular flexibility index (Phi) is 6.22. The van der Waals surface area contributed by atoms with Crippen LogP contribution >= 0.6 is 0 Å². The number of piperazine rings is 1. The van der Waals surface area contributed by atoms with E-state index in [4.69, 9.17) is 4.74 Å². The van der Waals surface area contributed by atoms with Crippen LogP contribution in [-0.4, -0.2) is 50.8 Å². The van der Waals surface area contributed by atoms with Gasteiger partial charge in [0.05, 0.1) is 7.11 Å². The molecule has 2 aromatic rings. The van der Waals surface area contributed by atoms with Gasteiger partial charge in [0, 0.05) is 38.4 Å². The molecule has 0 aromatic heterocycles. The van der Waals surface area contributed by atoms with E-state index in [1.165, 1.54) is 22.4 Å². The van der Waals surface area contributed by atoms with Gasteiger partial charge < -0.3 is 19.9 Å². The Morgan fingerprint density at radius 1 is 1.04 bits per heavy atom. The van der Waals surface area contributed by atoms with Crippen LogP contribution in [0.15, 0.2) is 42.5 Å².